The molecule has 0 spiro atoms. The molecule has 3 aromatic carbocycles. The van der Waals surface area contributed by atoms with E-state index in [1.54, 1.807) is 46.2 Å². The van der Waals surface area contributed by atoms with Gasteiger partial charge in [-0.1, -0.05) is 36.4 Å². The maximum atomic E-state index is 14.1. The van der Waals surface area contributed by atoms with Crippen molar-refractivity contribution in [2.45, 2.75) is 12.1 Å². The summed E-state index contributed by atoms with van der Waals surface area (Å²) in [6.45, 7) is 1.48. The maximum Gasteiger partial charge on any atom is 0.289 e. The third kappa shape index (κ3) is 5.14. The second kappa shape index (κ2) is 11.2. The van der Waals surface area contributed by atoms with Gasteiger partial charge in [0.25, 0.3) is 17.7 Å². The predicted octanol–water partition coefficient (Wildman–Crippen LogP) is 3.76. The molecular formula is C32H27F2N5O4. The molecule has 0 bridgehead atoms. The molecular weight excluding hydrogens is 556 g/mol. The highest BCUT2D eigenvalue weighted by Crippen LogP contribution is 2.40. The van der Waals surface area contributed by atoms with Crippen LogP contribution in [-0.4, -0.2) is 64.6 Å². The zero-order chi connectivity index (χ0) is 30.1. The van der Waals surface area contributed by atoms with Crippen LogP contribution >= 0.6 is 0 Å². The normalized spacial score (nSPS) is 16.4. The van der Waals surface area contributed by atoms with Gasteiger partial charge in [-0.05, 0) is 65.2 Å². The van der Waals surface area contributed by atoms with E-state index in [1.807, 2.05) is 0 Å². The fourth-order valence-corrected chi connectivity index (χ4v) is 5.49. The van der Waals surface area contributed by atoms with Crippen molar-refractivity contribution < 1.29 is 27.6 Å². The number of aliphatic imine (C=N–C) groups is 1. The molecule has 1 aromatic heterocycles. The summed E-state index contributed by atoms with van der Waals surface area (Å²) in [6.07, 6.45) is 1.45. The lowest BCUT2D eigenvalue weighted by Gasteiger charge is -2.34. The minimum Gasteiger partial charge on any atom is -0.459 e. The van der Waals surface area contributed by atoms with E-state index in [9.17, 15) is 23.2 Å². The van der Waals surface area contributed by atoms with Gasteiger partial charge in [0.05, 0.1) is 12.8 Å². The van der Waals surface area contributed by atoms with Gasteiger partial charge in [-0.2, -0.15) is 0 Å². The van der Waals surface area contributed by atoms with Crippen LogP contribution in [0, 0.1) is 11.6 Å². The van der Waals surface area contributed by atoms with Crippen molar-refractivity contribution in [2.24, 2.45) is 10.7 Å². The van der Waals surface area contributed by atoms with Crippen molar-refractivity contribution in [3.05, 3.63) is 131 Å². The molecule has 0 unspecified atom stereocenters. The standard InChI is InChI=1S/C32H27F2N5O4/c33-25-10-6-23(7-11-25)32(24-8-12-26(34)13-9-24)30(42)39(31(35)36-32)20-21-3-1-4-22(19-21)28(40)37-14-16-38(17-15-37)29(41)27-5-2-18-43-27/h1-13,18-19H,14-17,20H2,(H2,35,36). The molecule has 2 aliphatic rings. The van der Waals surface area contributed by atoms with Gasteiger partial charge in [0, 0.05) is 31.7 Å². The van der Waals surface area contributed by atoms with Crippen LogP contribution in [-0.2, 0) is 16.9 Å². The smallest absolute Gasteiger partial charge is 0.289 e. The second-order valence-corrected chi connectivity index (χ2v) is 10.3. The van der Waals surface area contributed by atoms with E-state index in [-0.39, 0.29) is 30.1 Å². The Morgan fingerprint density at radius 1 is 0.814 bits per heavy atom. The van der Waals surface area contributed by atoms with Crippen molar-refractivity contribution in [3.63, 3.8) is 0 Å². The van der Waals surface area contributed by atoms with Gasteiger partial charge in [-0.15, -0.1) is 0 Å². The summed E-state index contributed by atoms with van der Waals surface area (Å²) in [5.74, 6) is -1.67. The fraction of sp³-hybridized carbons (Fsp3) is 0.188. The number of rotatable bonds is 6. The number of hydrogen-bond donors (Lipinski definition) is 1. The zero-order valence-corrected chi connectivity index (χ0v) is 23.0. The number of hydrogen-bond acceptors (Lipinski definition) is 6. The highest BCUT2D eigenvalue weighted by atomic mass is 19.1. The Labute approximate surface area is 245 Å². The van der Waals surface area contributed by atoms with E-state index < -0.39 is 23.1 Å². The minimum absolute atomic E-state index is 0.0187. The van der Waals surface area contributed by atoms with Crippen LogP contribution in [0.3, 0.4) is 0 Å². The fourth-order valence-electron chi connectivity index (χ4n) is 5.49. The topological polar surface area (TPSA) is 112 Å². The van der Waals surface area contributed by atoms with E-state index in [4.69, 9.17) is 10.2 Å². The van der Waals surface area contributed by atoms with Gasteiger partial charge < -0.3 is 20.0 Å². The van der Waals surface area contributed by atoms with Gasteiger partial charge in [0.15, 0.2) is 17.3 Å². The molecule has 4 aromatic rings. The van der Waals surface area contributed by atoms with E-state index in [1.165, 1.54) is 59.7 Å². The molecule has 43 heavy (non-hydrogen) atoms. The van der Waals surface area contributed by atoms with Crippen molar-refractivity contribution in [3.8, 4) is 0 Å². The first-order valence-electron chi connectivity index (χ1n) is 13.7. The summed E-state index contributed by atoms with van der Waals surface area (Å²) in [4.78, 5) is 49.2. The van der Waals surface area contributed by atoms with Gasteiger partial charge >= 0.3 is 0 Å². The summed E-state index contributed by atoms with van der Waals surface area (Å²) in [7, 11) is 0. The Kier molecular flexibility index (Phi) is 7.22. The highest BCUT2D eigenvalue weighted by molar-refractivity contribution is 6.09. The summed E-state index contributed by atoms with van der Waals surface area (Å²) in [5.41, 5.74) is 6.49. The second-order valence-electron chi connectivity index (χ2n) is 10.3. The Balaban J connectivity index is 1.20. The number of piperazine rings is 1. The summed E-state index contributed by atoms with van der Waals surface area (Å²) < 4.78 is 32.8. The molecule has 11 heteroatoms. The highest BCUT2D eigenvalue weighted by Gasteiger charge is 2.50. The van der Waals surface area contributed by atoms with Crippen LogP contribution in [0.1, 0.15) is 37.6 Å². The molecule has 2 N–H and O–H groups in total. The third-order valence-corrected chi connectivity index (χ3v) is 7.74. The van der Waals surface area contributed by atoms with Gasteiger partial charge in [-0.3, -0.25) is 19.3 Å². The van der Waals surface area contributed by atoms with Crippen molar-refractivity contribution in [2.75, 3.05) is 26.2 Å². The van der Waals surface area contributed by atoms with E-state index in [0.717, 1.165) is 0 Å². The first-order valence-corrected chi connectivity index (χ1v) is 13.7. The van der Waals surface area contributed by atoms with Crippen LogP contribution in [0.4, 0.5) is 8.78 Å². The number of nitrogens with zero attached hydrogens (tertiary/aromatic N) is 4. The Bertz CT molecular complexity index is 1650. The number of amides is 3. The molecule has 2 aliphatic heterocycles. The number of halogens is 2. The van der Waals surface area contributed by atoms with Crippen molar-refractivity contribution in [1.82, 2.24) is 14.7 Å². The average molecular weight is 584 g/mol. The summed E-state index contributed by atoms with van der Waals surface area (Å²) >= 11 is 0. The maximum absolute atomic E-state index is 14.1. The molecule has 6 rings (SSSR count). The van der Waals surface area contributed by atoms with Crippen LogP contribution in [0.2, 0.25) is 0 Å². The zero-order valence-electron chi connectivity index (χ0n) is 23.0. The molecule has 1 saturated heterocycles. The predicted molar refractivity (Wildman–Crippen MR) is 153 cm³/mol. The van der Waals surface area contributed by atoms with Crippen LogP contribution in [0.5, 0.6) is 0 Å². The molecule has 3 heterocycles. The summed E-state index contributed by atoms with van der Waals surface area (Å²) in [6, 6.07) is 20.9. The summed E-state index contributed by atoms with van der Waals surface area (Å²) in [5, 5.41) is 0. The van der Waals surface area contributed by atoms with E-state index in [0.29, 0.717) is 48.4 Å². The van der Waals surface area contributed by atoms with E-state index >= 15 is 0 Å². The number of carbonyl (C=O) groups excluding carboxylic acids is 3. The SMILES string of the molecule is NC1=NC(c2ccc(F)cc2)(c2ccc(F)cc2)C(=O)N1Cc1cccc(C(=O)N2CCN(C(=O)c3ccco3)CC2)c1. The Morgan fingerprint density at radius 3 is 1.95 bits per heavy atom. The minimum atomic E-state index is -1.63. The van der Waals surface area contributed by atoms with E-state index in [2.05, 4.69) is 4.99 Å². The van der Waals surface area contributed by atoms with Crippen LogP contribution in [0.25, 0.3) is 0 Å². The molecule has 0 saturated carbocycles. The lowest BCUT2D eigenvalue weighted by molar-refractivity contribution is -0.130. The third-order valence-electron chi connectivity index (χ3n) is 7.74. The van der Waals surface area contributed by atoms with Crippen LogP contribution in [0.15, 0.2) is 101 Å². The van der Waals surface area contributed by atoms with Gasteiger partial charge in [0.2, 0.25) is 0 Å². The first-order chi connectivity index (χ1) is 20.8. The first kappa shape index (κ1) is 27.8. The van der Waals surface area contributed by atoms with Crippen molar-refractivity contribution in [1.29, 1.82) is 0 Å². The molecule has 1 fully saturated rings. The molecule has 0 atom stereocenters. The number of furan rings is 1. The lowest BCUT2D eigenvalue weighted by atomic mass is 9.82. The largest absolute Gasteiger partial charge is 0.459 e. The molecule has 3 amide bonds. The molecule has 0 radical (unpaired) electrons. The monoisotopic (exact) mass is 583 g/mol. The molecule has 218 valence electrons. The Hall–Kier alpha value is -5.32. The lowest BCUT2D eigenvalue weighted by Crippen LogP contribution is -2.50. The van der Waals surface area contributed by atoms with Gasteiger partial charge in [0.1, 0.15) is 11.6 Å². The Morgan fingerprint density at radius 2 is 1.40 bits per heavy atom. The number of benzene rings is 3. The van der Waals surface area contributed by atoms with Crippen molar-refractivity contribution >= 4 is 23.7 Å². The quantitative estimate of drug-likeness (QED) is 0.372. The number of guanidine groups is 1. The number of carbonyl (C=O) groups is 3. The van der Waals surface area contributed by atoms with Gasteiger partial charge in [-0.25, -0.2) is 13.8 Å². The molecule has 0 aliphatic carbocycles. The van der Waals surface area contributed by atoms with Crippen LogP contribution < -0.4 is 5.73 Å². The average Bonchev–Trinajstić information content (AvgIpc) is 3.65. The number of nitrogens with two attached hydrogens (primary N) is 1. The molecule has 9 nitrogen and oxygen atoms in total.